The quantitative estimate of drug-likeness (QED) is 0.746. The van der Waals surface area contributed by atoms with Crippen LogP contribution in [0.25, 0.3) is 0 Å². The number of hydrogen-bond donors (Lipinski definition) is 0. The van der Waals surface area contributed by atoms with Gasteiger partial charge in [-0.2, -0.15) is 0 Å². The van der Waals surface area contributed by atoms with E-state index in [-0.39, 0.29) is 0 Å². The van der Waals surface area contributed by atoms with Gasteiger partial charge < -0.3 is 4.74 Å². The van der Waals surface area contributed by atoms with Crippen LogP contribution in [0.1, 0.15) is 40.0 Å². The summed E-state index contributed by atoms with van der Waals surface area (Å²) in [6.07, 6.45) is 12.4. The number of ether oxygens (including phenoxy) is 1. The minimum absolute atomic E-state index is 0.447. The molecule has 0 spiro atoms. The summed E-state index contributed by atoms with van der Waals surface area (Å²) in [4.78, 5) is 0. The Hall–Kier alpha value is 0.310. The van der Waals surface area contributed by atoms with Gasteiger partial charge in [-0.1, -0.05) is 20.3 Å². The molecule has 102 valence electrons. The second-order valence-electron chi connectivity index (χ2n) is 7.49. The SMILES string of the molecule is CC1CCC(C(C2(C)COC2C)S(C)(C)C)C1. The van der Waals surface area contributed by atoms with Crippen LogP contribution in [0.3, 0.4) is 0 Å². The molecule has 17 heavy (non-hydrogen) atoms. The summed E-state index contributed by atoms with van der Waals surface area (Å²) in [6.45, 7) is 8.18. The molecule has 1 saturated heterocycles. The summed E-state index contributed by atoms with van der Waals surface area (Å²) in [7, 11) is -0.503. The van der Waals surface area contributed by atoms with Gasteiger partial charge in [0.1, 0.15) is 0 Å². The van der Waals surface area contributed by atoms with Crippen molar-refractivity contribution in [3.05, 3.63) is 0 Å². The Morgan fingerprint density at radius 2 is 1.82 bits per heavy atom. The number of hydrogen-bond acceptors (Lipinski definition) is 1. The van der Waals surface area contributed by atoms with E-state index >= 15 is 0 Å². The molecule has 0 aromatic heterocycles. The highest BCUT2D eigenvalue weighted by Gasteiger charge is 2.53. The van der Waals surface area contributed by atoms with Crippen molar-refractivity contribution < 1.29 is 4.74 Å². The van der Waals surface area contributed by atoms with E-state index in [0.29, 0.717) is 11.5 Å². The lowest BCUT2D eigenvalue weighted by atomic mass is 9.73. The first-order chi connectivity index (χ1) is 7.75. The average Bonchev–Trinajstić information content (AvgIpc) is 2.60. The summed E-state index contributed by atoms with van der Waals surface area (Å²) in [5, 5.41) is 0.892. The molecule has 5 unspecified atom stereocenters. The van der Waals surface area contributed by atoms with E-state index in [0.717, 1.165) is 23.7 Å². The Balaban J connectivity index is 2.20. The molecular weight excluding hydrogens is 228 g/mol. The second-order valence-corrected chi connectivity index (χ2v) is 11.9. The van der Waals surface area contributed by atoms with Crippen molar-refractivity contribution in [2.24, 2.45) is 17.3 Å². The van der Waals surface area contributed by atoms with E-state index in [1.165, 1.54) is 19.3 Å². The third-order valence-electron chi connectivity index (χ3n) is 5.15. The highest BCUT2D eigenvalue weighted by atomic mass is 32.3. The first-order valence-electron chi connectivity index (χ1n) is 7.04. The van der Waals surface area contributed by atoms with Crippen molar-refractivity contribution in [2.45, 2.75) is 51.4 Å². The highest BCUT2D eigenvalue weighted by Crippen LogP contribution is 2.60. The standard InChI is InChI=1S/C15H30OS/c1-11-7-8-13(9-11)14(17(4,5)6)15(3)10-16-12(15)2/h11-14H,7-10H2,1-6H3. The van der Waals surface area contributed by atoms with Gasteiger partial charge in [0.2, 0.25) is 0 Å². The molecule has 0 radical (unpaired) electrons. The predicted molar refractivity (Wildman–Crippen MR) is 79.2 cm³/mol. The minimum atomic E-state index is -0.503. The van der Waals surface area contributed by atoms with E-state index in [9.17, 15) is 0 Å². The fraction of sp³-hybridized carbons (Fsp3) is 1.00. The molecule has 0 amide bonds. The largest absolute Gasteiger partial charge is 0.377 e. The fourth-order valence-electron chi connectivity index (χ4n) is 4.28. The first-order valence-corrected chi connectivity index (χ1v) is 9.96. The molecule has 0 aromatic carbocycles. The zero-order valence-electron chi connectivity index (χ0n) is 12.5. The Kier molecular flexibility index (Phi) is 3.60. The van der Waals surface area contributed by atoms with Crippen molar-refractivity contribution in [3.63, 3.8) is 0 Å². The van der Waals surface area contributed by atoms with E-state index in [1.807, 2.05) is 0 Å². The van der Waals surface area contributed by atoms with Gasteiger partial charge >= 0.3 is 0 Å². The molecule has 5 atom stereocenters. The van der Waals surface area contributed by atoms with Gasteiger partial charge in [-0.3, -0.25) is 0 Å². The summed E-state index contributed by atoms with van der Waals surface area (Å²) in [6, 6.07) is 0. The van der Waals surface area contributed by atoms with Gasteiger partial charge in [0, 0.05) is 10.7 Å². The zero-order valence-corrected chi connectivity index (χ0v) is 13.3. The third kappa shape index (κ3) is 2.40. The van der Waals surface area contributed by atoms with Crippen LogP contribution in [0.2, 0.25) is 0 Å². The van der Waals surface area contributed by atoms with Crippen LogP contribution >= 0.6 is 10.0 Å². The Morgan fingerprint density at radius 1 is 1.18 bits per heavy atom. The lowest BCUT2D eigenvalue weighted by Gasteiger charge is -2.58. The van der Waals surface area contributed by atoms with Crippen molar-refractivity contribution in [1.82, 2.24) is 0 Å². The van der Waals surface area contributed by atoms with Gasteiger partial charge in [0.05, 0.1) is 12.7 Å². The van der Waals surface area contributed by atoms with Crippen LogP contribution in [0.5, 0.6) is 0 Å². The molecule has 0 N–H and O–H groups in total. The summed E-state index contributed by atoms with van der Waals surface area (Å²) >= 11 is 0. The second kappa shape index (κ2) is 4.45. The average molecular weight is 258 g/mol. The first kappa shape index (κ1) is 13.7. The Labute approximate surface area is 109 Å². The van der Waals surface area contributed by atoms with Gasteiger partial charge in [0.15, 0.2) is 0 Å². The van der Waals surface area contributed by atoms with E-state index < -0.39 is 10.0 Å². The lowest BCUT2D eigenvalue weighted by Crippen LogP contribution is -2.58. The van der Waals surface area contributed by atoms with Crippen LogP contribution in [0.4, 0.5) is 0 Å². The van der Waals surface area contributed by atoms with Crippen molar-refractivity contribution in [1.29, 1.82) is 0 Å². The fourth-order valence-corrected chi connectivity index (χ4v) is 7.55. The third-order valence-corrected chi connectivity index (χ3v) is 7.60. The summed E-state index contributed by atoms with van der Waals surface area (Å²) in [5.74, 6) is 1.90. The molecule has 1 aliphatic heterocycles. The Bertz CT molecular complexity index is 283. The molecule has 1 saturated carbocycles. The maximum atomic E-state index is 5.72. The molecule has 0 aromatic rings. The van der Waals surface area contributed by atoms with Crippen molar-refractivity contribution >= 4 is 10.0 Å². The Morgan fingerprint density at radius 3 is 2.12 bits per heavy atom. The van der Waals surface area contributed by atoms with Gasteiger partial charge in [-0.15, -0.1) is 0 Å². The van der Waals surface area contributed by atoms with E-state index in [2.05, 4.69) is 39.5 Å². The molecule has 1 heterocycles. The smallest absolute Gasteiger partial charge is 0.0633 e. The molecule has 2 heteroatoms. The predicted octanol–water partition coefficient (Wildman–Crippen LogP) is 3.91. The van der Waals surface area contributed by atoms with Gasteiger partial charge in [-0.25, -0.2) is 10.0 Å². The normalized spacial score (nSPS) is 45.4. The topological polar surface area (TPSA) is 9.23 Å². The zero-order chi connectivity index (χ0) is 12.8. The minimum Gasteiger partial charge on any atom is -0.377 e. The van der Waals surface area contributed by atoms with Gasteiger partial charge in [0.25, 0.3) is 0 Å². The van der Waals surface area contributed by atoms with Gasteiger partial charge in [-0.05, 0) is 50.4 Å². The van der Waals surface area contributed by atoms with Crippen LogP contribution in [-0.2, 0) is 4.74 Å². The summed E-state index contributed by atoms with van der Waals surface area (Å²) in [5.41, 5.74) is 0.447. The molecule has 2 aliphatic rings. The number of rotatable bonds is 3. The lowest BCUT2D eigenvalue weighted by molar-refractivity contribution is -0.173. The van der Waals surface area contributed by atoms with E-state index in [1.54, 1.807) is 0 Å². The molecule has 2 rings (SSSR count). The highest BCUT2D eigenvalue weighted by molar-refractivity contribution is 8.32. The van der Waals surface area contributed by atoms with Crippen molar-refractivity contribution in [2.75, 3.05) is 25.4 Å². The maximum absolute atomic E-state index is 5.72. The molecule has 0 bridgehead atoms. The maximum Gasteiger partial charge on any atom is 0.0633 e. The molecule has 1 aliphatic carbocycles. The van der Waals surface area contributed by atoms with Crippen LogP contribution in [0.15, 0.2) is 0 Å². The summed E-state index contributed by atoms with van der Waals surface area (Å²) < 4.78 is 5.72. The van der Waals surface area contributed by atoms with Crippen molar-refractivity contribution in [3.8, 4) is 0 Å². The van der Waals surface area contributed by atoms with Crippen LogP contribution in [-0.4, -0.2) is 36.7 Å². The monoisotopic (exact) mass is 258 g/mol. The molecule has 1 nitrogen and oxygen atoms in total. The van der Waals surface area contributed by atoms with E-state index in [4.69, 9.17) is 4.74 Å². The van der Waals surface area contributed by atoms with Crippen LogP contribution < -0.4 is 0 Å². The van der Waals surface area contributed by atoms with Crippen LogP contribution in [0, 0.1) is 17.3 Å². The molecular formula is C15H30OS. The molecule has 2 fully saturated rings.